The second-order valence-corrected chi connectivity index (χ2v) is 20.0. The molecule has 0 aliphatic rings. The number of amides is 1. The van der Waals surface area contributed by atoms with Crippen LogP contribution >= 0.6 is 0 Å². The Balaban J connectivity index is 3.51. The number of carbonyl (C=O) groups excluding carboxylic acids is 2. The zero-order valence-electron chi connectivity index (χ0n) is 44.6. The van der Waals surface area contributed by atoms with Gasteiger partial charge in [-0.2, -0.15) is 0 Å². The van der Waals surface area contributed by atoms with Crippen LogP contribution < -0.4 is 5.32 Å². The molecule has 0 aliphatic carbocycles. The highest BCUT2D eigenvalue weighted by Gasteiger charge is 2.18. The van der Waals surface area contributed by atoms with Crippen molar-refractivity contribution < 1.29 is 24.5 Å². The van der Waals surface area contributed by atoms with Crippen molar-refractivity contribution in [2.45, 2.75) is 315 Å². The van der Waals surface area contributed by atoms with Crippen molar-refractivity contribution in [2.75, 3.05) is 13.2 Å². The van der Waals surface area contributed by atoms with Gasteiger partial charge in [0, 0.05) is 12.8 Å². The maximum atomic E-state index is 12.5. The standard InChI is InChI=1S/C61H113NO5/c1-3-5-7-9-11-13-15-17-19-21-22-25-29-33-37-41-45-49-53-59(64)58(57-63)62-60(65)54-50-46-42-38-34-30-26-23-24-28-32-36-40-44-48-52-56-67-61(66)55-51-47-43-39-35-31-27-20-18-16-14-12-10-8-6-4-2/h14,16,20,23,26-27,49,53,58-59,63-64H,3-13,15,17-19,21-22,24-25,28-48,50-52,54-57H2,1-2H3,(H,62,65)/b16-14-,26-23-,27-20-,53-49+. The number of hydrogen-bond donors (Lipinski definition) is 3. The van der Waals surface area contributed by atoms with Crippen LogP contribution in [0.1, 0.15) is 303 Å². The minimum atomic E-state index is -0.857. The Morgan fingerprint density at radius 3 is 1.16 bits per heavy atom. The van der Waals surface area contributed by atoms with Gasteiger partial charge in [0.15, 0.2) is 0 Å². The smallest absolute Gasteiger partial charge is 0.305 e. The first-order valence-electron chi connectivity index (χ1n) is 29.4. The van der Waals surface area contributed by atoms with E-state index in [9.17, 15) is 19.8 Å². The molecule has 2 unspecified atom stereocenters. The van der Waals surface area contributed by atoms with Crippen molar-refractivity contribution >= 4 is 11.9 Å². The first-order valence-corrected chi connectivity index (χ1v) is 29.4. The van der Waals surface area contributed by atoms with Gasteiger partial charge in [-0.3, -0.25) is 9.59 Å². The molecule has 67 heavy (non-hydrogen) atoms. The molecular formula is C61H113NO5. The topological polar surface area (TPSA) is 95.9 Å². The molecule has 0 aromatic rings. The molecule has 0 bridgehead atoms. The van der Waals surface area contributed by atoms with Crippen LogP contribution in [0.5, 0.6) is 0 Å². The number of esters is 1. The predicted octanol–water partition coefficient (Wildman–Crippen LogP) is 18.2. The molecule has 3 N–H and O–H groups in total. The summed E-state index contributed by atoms with van der Waals surface area (Å²) in [5.41, 5.74) is 0. The van der Waals surface area contributed by atoms with Crippen LogP contribution in [0.2, 0.25) is 0 Å². The van der Waals surface area contributed by atoms with Crippen molar-refractivity contribution in [1.82, 2.24) is 5.32 Å². The van der Waals surface area contributed by atoms with E-state index < -0.39 is 12.1 Å². The van der Waals surface area contributed by atoms with Crippen molar-refractivity contribution in [3.63, 3.8) is 0 Å². The van der Waals surface area contributed by atoms with E-state index in [0.29, 0.717) is 19.4 Å². The van der Waals surface area contributed by atoms with E-state index in [2.05, 4.69) is 55.6 Å². The lowest BCUT2D eigenvalue weighted by Gasteiger charge is -2.20. The van der Waals surface area contributed by atoms with Crippen molar-refractivity contribution in [3.05, 3.63) is 48.6 Å². The molecule has 6 heteroatoms. The van der Waals surface area contributed by atoms with Crippen LogP contribution in [-0.2, 0) is 14.3 Å². The van der Waals surface area contributed by atoms with Crippen LogP contribution in [0.15, 0.2) is 48.6 Å². The number of nitrogens with one attached hydrogen (secondary N) is 1. The highest BCUT2D eigenvalue weighted by Crippen LogP contribution is 2.16. The number of aliphatic hydroxyl groups excluding tert-OH is 2. The number of unbranched alkanes of at least 4 members (excludes halogenated alkanes) is 37. The molecule has 0 spiro atoms. The van der Waals surface area contributed by atoms with Gasteiger partial charge in [-0.25, -0.2) is 0 Å². The lowest BCUT2D eigenvalue weighted by Crippen LogP contribution is -2.45. The summed E-state index contributed by atoms with van der Waals surface area (Å²) < 4.78 is 5.47. The Morgan fingerprint density at radius 1 is 0.418 bits per heavy atom. The summed E-state index contributed by atoms with van der Waals surface area (Å²) in [6.07, 6.45) is 71.3. The van der Waals surface area contributed by atoms with E-state index in [1.165, 1.54) is 205 Å². The molecule has 0 aromatic heterocycles. The minimum Gasteiger partial charge on any atom is -0.466 e. The maximum Gasteiger partial charge on any atom is 0.305 e. The van der Waals surface area contributed by atoms with Gasteiger partial charge in [0.1, 0.15) is 0 Å². The summed E-state index contributed by atoms with van der Waals surface area (Å²) in [7, 11) is 0. The summed E-state index contributed by atoms with van der Waals surface area (Å²) in [5.74, 6) is -0.102. The van der Waals surface area contributed by atoms with Crippen LogP contribution in [0, 0.1) is 0 Å². The Kier molecular flexibility index (Phi) is 54.6. The fourth-order valence-corrected chi connectivity index (χ4v) is 8.78. The Hall–Kier alpha value is -2.18. The molecule has 0 saturated carbocycles. The molecule has 0 heterocycles. The maximum absolute atomic E-state index is 12.5. The third kappa shape index (κ3) is 53.0. The molecule has 0 rings (SSSR count). The number of carbonyl (C=O) groups is 2. The Morgan fingerprint density at radius 2 is 0.746 bits per heavy atom. The highest BCUT2D eigenvalue weighted by atomic mass is 16.5. The van der Waals surface area contributed by atoms with Crippen LogP contribution in [0.4, 0.5) is 0 Å². The van der Waals surface area contributed by atoms with E-state index in [-0.39, 0.29) is 18.5 Å². The van der Waals surface area contributed by atoms with Gasteiger partial charge >= 0.3 is 5.97 Å². The van der Waals surface area contributed by atoms with E-state index in [0.717, 1.165) is 70.6 Å². The largest absolute Gasteiger partial charge is 0.466 e. The molecular weight excluding hydrogens is 827 g/mol. The average molecular weight is 941 g/mol. The minimum absolute atomic E-state index is 0.0176. The van der Waals surface area contributed by atoms with E-state index in [1.54, 1.807) is 6.08 Å². The van der Waals surface area contributed by atoms with Gasteiger partial charge in [-0.1, -0.05) is 249 Å². The fraction of sp³-hybridized carbons (Fsp3) is 0.836. The molecule has 2 atom stereocenters. The molecule has 0 saturated heterocycles. The van der Waals surface area contributed by atoms with Crippen molar-refractivity contribution in [1.29, 1.82) is 0 Å². The zero-order valence-corrected chi connectivity index (χ0v) is 44.6. The van der Waals surface area contributed by atoms with E-state index in [4.69, 9.17) is 4.74 Å². The van der Waals surface area contributed by atoms with Gasteiger partial charge in [0.05, 0.1) is 25.4 Å². The molecule has 392 valence electrons. The number of aliphatic hydroxyl groups is 2. The third-order valence-corrected chi connectivity index (χ3v) is 13.3. The van der Waals surface area contributed by atoms with E-state index in [1.807, 2.05) is 6.08 Å². The molecule has 1 amide bonds. The summed E-state index contributed by atoms with van der Waals surface area (Å²) in [4.78, 5) is 24.5. The SMILES string of the molecule is CCCCCC/C=C\C/C=C\CCCCCCCC(=O)OCCCCCCCCC/C=C\CCCCCCCC(=O)NC(CO)C(O)/C=C/CCCCCCCCCCCCCCCCCC. The zero-order chi connectivity index (χ0) is 48.6. The highest BCUT2D eigenvalue weighted by molar-refractivity contribution is 5.76. The first-order chi connectivity index (χ1) is 33.0. The van der Waals surface area contributed by atoms with Gasteiger partial charge < -0.3 is 20.3 Å². The lowest BCUT2D eigenvalue weighted by molar-refractivity contribution is -0.143. The summed E-state index contributed by atoms with van der Waals surface area (Å²) in [6.45, 7) is 4.86. The number of hydrogen-bond acceptors (Lipinski definition) is 5. The molecule has 0 aromatic carbocycles. The average Bonchev–Trinajstić information content (AvgIpc) is 3.33. The fourth-order valence-electron chi connectivity index (χ4n) is 8.78. The predicted molar refractivity (Wildman–Crippen MR) is 292 cm³/mol. The number of allylic oxidation sites excluding steroid dienone is 7. The quantitative estimate of drug-likeness (QED) is 0.0321. The van der Waals surface area contributed by atoms with Crippen LogP contribution in [-0.4, -0.2) is 47.4 Å². The summed E-state index contributed by atoms with van der Waals surface area (Å²) in [6, 6.07) is -0.642. The van der Waals surface area contributed by atoms with Crippen molar-refractivity contribution in [2.24, 2.45) is 0 Å². The number of ether oxygens (including phenoxy) is 1. The third-order valence-electron chi connectivity index (χ3n) is 13.3. The Labute approximate surface area is 416 Å². The molecule has 0 aliphatic heterocycles. The second-order valence-electron chi connectivity index (χ2n) is 20.0. The molecule has 6 nitrogen and oxygen atoms in total. The Bertz CT molecular complexity index is 1130. The lowest BCUT2D eigenvalue weighted by atomic mass is 10.0. The van der Waals surface area contributed by atoms with Crippen LogP contribution in [0.3, 0.4) is 0 Å². The van der Waals surface area contributed by atoms with Gasteiger partial charge in [-0.15, -0.1) is 0 Å². The van der Waals surface area contributed by atoms with Crippen LogP contribution in [0.25, 0.3) is 0 Å². The summed E-state index contributed by atoms with van der Waals surface area (Å²) >= 11 is 0. The monoisotopic (exact) mass is 940 g/mol. The van der Waals surface area contributed by atoms with E-state index >= 15 is 0 Å². The van der Waals surface area contributed by atoms with Gasteiger partial charge in [-0.05, 0) is 89.9 Å². The van der Waals surface area contributed by atoms with Crippen molar-refractivity contribution in [3.8, 4) is 0 Å². The second kappa shape index (κ2) is 56.4. The summed E-state index contributed by atoms with van der Waals surface area (Å²) in [5, 5.41) is 23.1. The number of rotatable bonds is 54. The normalized spacial score (nSPS) is 13.0. The van der Waals surface area contributed by atoms with Gasteiger partial charge in [0.25, 0.3) is 0 Å². The molecule has 0 radical (unpaired) electrons. The first kappa shape index (κ1) is 64.8. The van der Waals surface area contributed by atoms with Gasteiger partial charge in [0.2, 0.25) is 5.91 Å². The molecule has 0 fully saturated rings.